The molecule has 0 aliphatic heterocycles. The van der Waals surface area contributed by atoms with E-state index in [0.29, 0.717) is 6.42 Å². The van der Waals surface area contributed by atoms with Gasteiger partial charge in [-0.3, -0.25) is 4.79 Å². The van der Waals surface area contributed by atoms with Gasteiger partial charge in [0.05, 0.1) is 12.1 Å². The van der Waals surface area contributed by atoms with Gasteiger partial charge in [-0.15, -0.1) is 11.3 Å². The van der Waals surface area contributed by atoms with Crippen molar-refractivity contribution in [2.24, 2.45) is 5.73 Å². The van der Waals surface area contributed by atoms with Gasteiger partial charge in [0.2, 0.25) is 5.91 Å². The quantitative estimate of drug-likeness (QED) is 0.889. The second-order valence-electron chi connectivity index (χ2n) is 4.97. The van der Waals surface area contributed by atoms with Crippen LogP contribution in [0.5, 0.6) is 0 Å². The van der Waals surface area contributed by atoms with Crippen LogP contribution in [0.3, 0.4) is 0 Å². The lowest BCUT2D eigenvalue weighted by Crippen LogP contribution is -2.42. The number of hydrogen-bond acceptors (Lipinski definition) is 3. The Morgan fingerprint density at radius 1 is 1.25 bits per heavy atom. The Balaban J connectivity index is 1.91. The minimum absolute atomic E-state index is 0.00280. The average Bonchev–Trinajstić information content (AvgIpc) is 2.86. The molecule has 3 nitrogen and oxygen atoms in total. The number of aryl methyl sites for hydroxylation is 1. The van der Waals surface area contributed by atoms with Crippen molar-refractivity contribution >= 4 is 17.2 Å². The predicted molar refractivity (Wildman–Crippen MR) is 83.7 cm³/mol. The number of nitrogens with one attached hydrogen (secondary N) is 1. The highest BCUT2D eigenvalue weighted by molar-refractivity contribution is 7.12. The molecule has 3 N–H and O–H groups in total. The zero-order valence-electron chi connectivity index (χ0n) is 11.8. The molecule has 1 heterocycles. The van der Waals surface area contributed by atoms with Crippen LogP contribution in [0.2, 0.25) is 0 Å². The van der Waals surface area contributed by atoms with Crippen LogP contribution >= 0.6 is 11.3 Å². The second kappa shape index (κ2) is 6.68. The zero-order valence-corrected chi connectivity index (χ0v) is 12.6. The lowest BCUT2D eigenvalue weighted by molar-refractivity contribution is -0.122. The van der Waals surface area contributed by atoms with Crippen molar-refractivity contribution in [3.05, 3.63) is 57.8 Å². The van der Waals surface area contributed by atoms with Gasteiger partial charge in [0, 0.05) is 9.75 Å². The van der Waals surface area contributed by atoms with E-state index >= 15 is 0 Å². The van der Waals surface area contributed by atoms with Gasteiger partial charge in [-0.1, -0.05) is 30.3 Å². The maximum absolute atomic E-state index is 12.1. The largest absolute Gasteiger partial charge is 0.347 e. The van der Waals surface area contributed by atoms with Gasteiger partial charge in [-0.2, -0.15) is 0 Å². The summed E-state index contributed by atoms with van der Waals surface area (Å²) in [6.45, 7) is 4.04. The molecule has 1 aromatic heterocycles. The monoisotopic (exact) mass is 288 g/mol. The second-order valence-corrected chi connectivity index (χ2v) is 6.29. The Kier molecular flexibility index (Phi) is 4.93. The van der Waals surface area contributed by atoms with Crippen LogP contribution in [-0.4, -0.2) is 11.9 Å². The van der Waals surface area contributed by atoms with Crippen molar-refractivity contribution in [1.82, 2.24) is 5.32 Å². The Morgan fingerprint density at radius 2 is 1.95 bits per heavy atom. The fourth-order valence-electron chi connectivity index (χ4n) is 2.04. The van der Waals surface area contributed by atoms with Gasteiger partial charge >= 0.3 is 0 Å². The van der Waals surface area contributed by atoms with E-state index in [9.17, 15) is 4.79 Å². The average molecular weight is 288 g/mol. The molecule has 0 saturated carbocycles. The molecule has 0 spiro atoms. The lowest BCUT2D eigenvalue weighted by Gasteiger charge is -2.16. The molecular weight excluding hydrogens is 268 g/mol. The zero-order chi connectivity index (χ0) is 14.5. The van der Waals surface area contributed by atoms with Crippen LogP contribution in [0.15, 0.2) is 42.5 Å². The van der Waals surface area contributed by atoms with E-state index in [-0.39, 0.29) is 11.9 Å². The number of amides is 1. The SMILES string of the molecule is Cc1ccc(C(C)NC(=O)[C@H](N)Cc2ccccc2)s1. The summed E-state index contributed by atoms with van der Waals surface area (Å²) in [6.07, 6.45) is 0.558. The summed E-state index contributed by atoms with van der Waals surface area (Å²) >= 11 is 1.70. The molecule has 1 unspecified atom stereocenters. The van der Waals surface area contributed by atoms with Crippen molar-refractivity contribution in [3.63, 3.8) is 0 Å². The number of nitrogens with two attached hydrogens (primary N) is 1. The van der Waals surface area contributed by atoms with Crippen LogP contribution < -0.4 is 11.1 Å². The topological polar surface area (TPSA) is 55.1 Å². The molecule has 0 radical (unpaired) electrons. The summed E-state index contributed by atoms with van der Waals surface area (Å²) in [4.78, 5) is 14.5. The standard InChI is InChI=1S/C16H20N2OS/c1-11-8-9-15(20-11)12(2)18-16(19)14(17)10-13-6-4-3-5-7-13/h3-9,12,14H,10,17H2,1-2H3,(H,18,19)/t12?,14-/m1/s1. The van der Waals surface area contributed by atoms with Crippen molar-refractivity contribution in [2.75, 3.05) is 0 Å². The molecular formula is C16H20N2OS. The Hall–Kier alpha value is -1.65. The van der Waals surface area contributed by atoms with Gasteiger partial charge in [0.1, 0.15) is 0 Å². The highest BCUT2D eigenvalue weighted by atomic mass is 32.1. The van der Waals surface area contributed by atoms with Crippen molar-refractivity contribution in [3.8, 4) is 0 Å². The highest BCUT2D eigenvalue weighted by Gasteiger charge is 2.17. The lowest BCUT2D eigenvalue weighted by atomic mass is 10.1. The number of benzene rings is 1. The van der Waals surface area contributed by atoms with Gasteiger partial charge in [-0.25, -0.2) is 0 Å². The third-order valence-corrected chi connectivity index (χ3v) is 4.37. The van der Waals surface area contributed by atoms with Crippen LogP contribution in [-0.2, 0) is 11.2 Å². The van der Waals surface area contributed by atoms with Crippen molar-refractivity contribution < 1.29 is 4.79 Å². The maximum Gasteiger partial charge on any atom is 0.237 e. The summed E-state index contributed by atoms with van der Waals surface area (Å²) < 4.78 is 0. The van der Waals surface area contributed by atoms with Crippen molar-refractivity contribution in [2.45, 2.75) is 32.4 Å². The van der Waals surface area contributed by atoms with E-state index in [0.717, 1.165) is 10.4 Å². The molecule has 106 valence electrons. The molecule has 1 amide bonds. The molecule has 0 bridgehead atoms. The molecule has 2 aromatic rings. The number of carbonyl (C=O) groups is 1. The maximum atomic E-state index is 12.1. The first-order chi connectivity index (χ1) is 9.56. The Labute approximate surface area is 123 Å². The minimum atomic E-state index is -0.513. The molecule has 0 saturated heterocycles. The fourth-order valence-corrected chi connectivity index (χ4v) is 2.92. The van der Waals surface area contributed by atoms with E-state index in [1.165, 1.54) is 4.88 Å². The molecule has 0 fully saturated rings. The van der Waals surface area contributed by atoms with E-state index in [2.05, 4.69) is 18.3 Å². The Bertz CT molecular complexity index is 565. The number of rotatable bonds is 5. The fraction of sp³-hybridized carbons (Fsp3) is 0.312. The summed E-state index contributed by atoms with van der Waals surface area (Å²) in [5.41, 5.74) is 7.05. The van der Waals surface area contributed by atoms with E-state index < -0.39 is 6.04 Å². The molecule has 4 heteroatoms. The predicted octanol–water partition coefficient (Wildman–Crippen LogP) is 2.80. The summed E-state index contributed by atoms with van der Waals surface area (Å²) in [7, 11) is 0. The summed E-state index contributed by atoms with van der Waals surface area (Å²) in [5.74, 6) is -0.104. The van der Waals surface area contributed by atoms with Crippen LogP contribution in [0.25, 0.3) is 0 Å². The molecule has 0 aliphatic rings. The first-order valence-electron chi connectivity index (χ1n) is 6.72. The molecule has 1 aromatic carbocycles. The summed E-state index contributed by atoms with van der Waals surface area (Å²) in [6, 6.07) is 13.4. The molecule has 0 aliphatic carbocycles. The van der Waals surface area contributed by atoms with Crippen molar-refractivity contribution in [1.29, 1.82) is 0 Å². The first kappa shape index (κ1) is 14.8. The third-order valence-electron chi connectivity index (χ3n) is 3.18. The minimum Gasteiger partial charge on any atom is -0.347 e. The smallest absolute Gasteiger partial charge is 0.237 e. The third kappa shape index (κ3) is 3.92. The number of hydrogen-bond donors (Lipinski definition) is 2. The van der Waals surface area contributed by atoms with Gasteiger partial charge in [0.25, 0.3) is 0 Å². The van der Waals surface area contributed by atoms with Gasteiger partial charge in [0.15, 0.2) is 0 Å². The molecule has 2 atom stereocenters. The first-order valence-corrected chi connectivity index (χ1v) is 7.54. The molecule has 2 rings (SSSR count). The van der Waals surface area contributed by atoms with E-state index in [4.69, 9.17) is 5.73 Å². The summed E-state index contributed by atoms with van der Waals surface area (Å²) in [5, 5.41) is 2.98. The van der Waals surface area contributed by atoms with Crippen LogP contribution in [0.1, 0.15) is 28.3 Å². The van der Waals surface area contributed by atoms with E-state index in [1.54, 1.807) is 11.3 Å². The number of carbonyl (C=O) groups excluding carboxylic acids is 1. The molecule has 20 heavy (non-hydrogen) atoms. The van der Waals surface area contributed by atoms with Crippen LogP contribution in [0.4, 0.5) is 0 Å². The number of thiophene rings is 1. The highest BCUT2D eigenvalue weighted by Crippen LogP contribution is 2.22. The normalized spacial score (nSPS) is 13.8. The van der Waals surface area contributed by atoms with Gasteiger partial charge in [-0.05, 0) is 38.0 Å². The van der Waals surface area contributed by atoms with Gasteiger partial charge < -0.3 is 11.1 Å². The van der Waals surface area contributed by atoms with E-state index in [1.807, 2.05) is 43.3 Å². The van der Waals surface area contributed by atoms with Crippen LogP contribution in [0, 0.1) is 6.92 Å². The Morgan fingerprint density at radius 3 is 2.55 bits per heavy atom.